The summed E-state index contributed by atoms with van der Waals surface area (Å²) in [7, 11) is 2.02. The molecule has 0 radical (unpaired) electrons. The van der Waals surface area contributed by atoms with E-state index in [-0.39, 0.29) is 11.7 Å². The molecule has 2 amide bonds. The van der Waals surface area contributed by atoms with Gasteiger partial charge in [0.1, 0.15) is 10.3 Å². The lowest BCUT2D eigenvalue weighted by atomic mass is 10.2. The van der Waals surface area contributed by atoms with Gasteiger partial charge in [-0.2, -0.15) is 0 Å². The number of piperazine rings is 1. The number of likely N-dealkylation sites (N-methyl/N-ethyl adjacent to an activating group) is 1. The van der Waals surface area contributed by atoms with Gasteiger partial charge in [0.15, 0.2) is 0 Å². The molecule has 0 bridgehead atoms. The van der Waals surface area contributed by atoms with Gasteiger partial charge in [0, 0.05) is 26.2 Å². The molecule has 0 aliphatic carbocycles. The van der Waals surface area contributed by atoms with Crippen LogP contribution in [0.15, 0.2) is 28.7 Å². The van der Waals surface area contributed by atoms with Gasteiger partial charge >= 0.3 is 6.09 Å². The van der Waals surface area contributed by atoms with E-state index in [0.717, 1.165) is 13.1 Å². The van der Waals surface area contributed by atoms with Gasteiger partial charge in [0.05, 0.1) is 10.6 Å². The average molecular weight is 458 g/mol. The summed E-state index contributed by atoms with van der Waals surface area (Å²) in [5.74, 6) is -0.156. The minimum absolute atomic E-state index is 0.0103. The van der Waals surface area contributed by atoms with Crippen molar-refractivity contribution >= 4 is 45.3 Å². The predicted molar refractivity (Wildman–Crippen MR) is 104 cm³/mol. The largest absolute Gasteiger partial charge is 0.428 e. The molecule has 0 spiro atoms. The third kappa shape index (κ3) is 4.98. The topological polar surface area (TPSA) is 103 Å². The van der Waals surface area contributed by atoms with E-state index in [1.54, 1.807) is 29.3 Å². The SMILES string of the molecule is CN1CCN(NC(=O)Oc2n[nH]c(NC(=O)c3ccccc3Cl)c2Br)CC1. The number of nitrogens with zero attached hydrogens (tertiary/aromatic N) is 3. The molecule has 1 saturated heterocycles. The second-order valence-electron chi connectivity index (χ2n) is 5.94. The summed E-state index contributed by atoms with van der Waals surface area (Å²) in [6.07, 6.45) is -0.657. The van der Waals surface area contributed by atoms with Crippen LogP contribution in [0.1, 0.15) is 10.4 Å². The predicted octanol–water partition coefficient (Wildman–Crippen LogP) is 2.33. The second-order valence-corrected chi connectivity index (χ2v) is 7.14. The highest BCUT2D eigenvalue weighted by Crippen LogP contribution is 2.30. The molecular weight excluding hydrogens is 440 g/mol. The Balaban J connectivity index is 1.59. The number of hydrogen-bond donors (Lipinski definition) is 3. The lowest BCUT2D eigenvalue weighted by Gasteiger charge is -2.31. The lowest BCUT2D eigenvalue weighted by molar-refractivity contribution is 0.0970. The first-order chi connectivity index (χ1) is 12.9. The van der Waals surface area contributed by atoms with Gasteiger partial charge in [-0.05, 0) is 35.1 Å². The minimum atomic E-state index is -0.657. The van der Waals surface area contributed by atoms with Crippen molar-refractivity contribution in [3.8, 4) is 5.88 Å². The zero-order valence-corrected chi connectivity index (χ0v) is 16.8. The van der Waals surface area contributed by atoms with Crippen molar-refractivity contribution in [2.75, 3.05) is 38.5 Å². The normalized spacial score (nSPS) is 15.4. The summed E-state index contributed by atoms with van der Waals surface area (Å²) in [4.78, 5) is 26.5. The maximum Gasteiger partial charge on any atom is 0.428 e. The molecule has 3 N–H and O–H groups in total. The van der Waals surface area contributed by atoms with E-state index in [4.69, 9.17) is 16.3 Å². The van der Waals surface area contributed by atoms with Gasteiger partial charge in [-0.1, -0.05) is 23.7 Å². The quantitative estimate of drug-likeness (QED) is 0.651. The monoisotopic (exact) mass is 456 g/mol. The summed E-state index contributed by atoms with van der Waals surface area (Å²) >= 11 is 9.28. The first kappa shape index (κ1) is 19.6. The molecule has 1 aliphatic heterocycles. The molecule has 9 nitrogen and oxygen atoms in total. The first-order valence-corrected chi connectivity index (χ1v) is 9.33. The third-order valence-electron chi connectivity index (χ3n) is 3.98. The highest BCUT2D eigenvalue weighted by atomic mass is 79.9. The van der Waals surface area contributed by atoms with E-state index in [2.05, 4.69) is 41.8 Å². The minimum Gasteiger partial charge on any atom is -0.387 e. The smallest absolute Gasteiger partial charge is 0.387 e. The molecule has 0 saturated carbocycles. The number of aromatic amines is 1. The van der Waals surface area contributed by atoms with Crippen LogP contribution in [0.4, 0.5) is 10.6 Å². The van der Waals surface area contributed by atoms with E-state index < -0.39 is 12.0 Å². The summed E-state index contributed by atoms with van der Waals surface area (Å²) in [5.41, 5.74) is 2.98. The Hall–Kier alpha value is -2.14. The number of carbonyl (C=O) groups is 2. The molecule has 0 unspecified atom stereocenters. The van der Waals surface area contributed by atoms with E-state index >= 15 is 0 Å². The van der Waals surface area contributed by atoms with Crippen LogP contribution in [0.25, 0.3) is 0 Å². The number of anilines is 1. The van der Waals surface area contributed by atoms with Crippen molar-refractivity contribution in [2.45, 2.75) is 0 Å². The van der Waals surface area contributed by atoms with Gasteiger partial charge in [0.25, 0.3) is 11.8 Å². The number of carbonyl (C=O) groups excluding carboxylic acids is 2. The average Bonchev–Trinajstić information content (AvgIpc) is 2.97. The molecule has 11 heteroatoms. The van der Waals surface area contributed by atoms with Gasteiger partial charge in [-0.15, -0.1) is 5.10 Å². The molecule has 3 rings (SSSR count). The van der Waals surface area contributed by atoms with Crippen molar-refractivity contribution in [1.29, 1.82) is 0 Å². The molecular formula is C16H18BrClN6O3. The molecule has 1 aromatic carbocycles. The van der Waals surface area contributed by atoms with Crippen LogP contribution in [0.5, 0.6) is 5.88 Å². The van der Waals surface area contributed by atoms with Crippen molar-refractivity contribution < 1.29 is 14.3 Å². The van der Waals surface area contributed by atoms with Crippen molar-refractivity contribution in [3.63, 3.8) is 0 Å². The third-order valence-corrected chi connectivity index (χ3v) is 5.04. The zero-order chi connectivity index (χ0) is 19.4. The van der Waals surface area contributed by atoms with Crippen LogP contribution < -0.4 is 15.5 Å². The molecule has 1 aliphatic rings. The van der Waals surface area contributed by atoms with Crippen LogP contribution >= 0.6 is 27.5 Å². The van der Waals surface area contributed by atoms with E-state index in [1.807, 2.05) is 7.05 Å². The van der Waals surface area contributed by atoms with Crippen LogP contribution in [-0.4, -0.2) is 65.3 Å². The fraction of sp³-hybridized carbons (Fsp3) is 0.312. The maximum absolute atomic E-state index is 12.3. The fourth-order valence-electron chi connectivity index (χ4n) is 2.45. The zero-order valence-electron chi connectivity index (χ0n) is 14.5. The number of amides is 2. The Morgan fingerprint density at radius 2 is 1.96 bits per heavy atom. The van der Waals surface area contributed by atoms with Crippen LogP contribution in [-0.2, 0) is 0 Å². The van der Waals surface area contributed by atoms with E-state index in [1.165, 1.54) is 0 Å². The number of halogens is 2. The highest BCUT2D eigenvalue weighted by molar-refractivity contribution is 9.10. The number of hydrogen-bond acceptors (Lipinski definition) is 6. The van der Waals surface area contributed by atoms with Crippen LogP contribution in [0.2, 0.25) is 5.02 Å². The van der Waals surface area contributed by atoms with Gasteiger partial charge in [-0.25, -0.2) is 9.80 Å². The summed E-state index contributed by atoms with van der Waals surface area (Å²) in [6.45, 7) is 3.11. The molecule has 27 heavy (non-hydrogen) atoms. The number of ether oxygens (including phenoxy) is 1. The van der Waals surface area contributed by atoms with E-state index in [0.29, 0.717) is 28.1 Å². The van der Waals surface area contributed by atoms with Crippen molar-refractivity contribution in [2.24, 2.45) is 0 Å². The van der Waals surface area contributed by atoms with E-state index in [9.17, 15) is 9.59 Å². The summed E-state index contributed by atoms with van der Waals surface area (Å²) in [6, 6.07) is 6.66. The fourth-order valence-corrected chi connectivity index (χ4v) is 3.03. The molecule has 144 valence electrons. The van der Waals surface area contributed by atoms with Gasteiger partial charge in [-0.3, -0.25) is 15.3 Å². The van der Waals surface area contributed by atoms with Gasteiger partial charge < -0.3 is 15.0 Å². The second kappa shape index (κ2) is 8.70. The maximum atomic E-state index is 12.3. The van der Waals surface area contributed by atoms with Crippen LogP contribution in [0.3, 0.4) is 0 Å². The number of benzene rings is 1. The molecule has 1 fully saturated rings. The molecule has 1 aromatic heterocycles. The molecule has 2 heterocycles. The summed E-state index contributed by atoms with van der Waals surface area (Å²) in [5, 5.41) is 11.3. The van der Waals surface area contributed by atoms with Gasteiger partial charge in [0.2, 0.25) is 0 Å². The molecule has 0 atom stereocenters. The number of rotatable bonds is 4. The number of hydrazine groups is 1. The number of aromatic nitrogens is 2. The Morgan fingerprint density at radius 1 is 1.26 bits per heavy atom. The summed E-state index contributed by atoms with van der Waals surface area (Å²) < 4.78 is 5.51. The Kier molecular flexibility index (Phi) is 6.32. The Labute approximate surface area is 169 Å². The Morgan fingerprint density at radius 3 is 2.67 bits per heavy atom. The van der Waals surface area contributed by atoms with Crippen LogP contribution in [0, 0.1) is 0 Å². The first-order valence-electron chi connectivity index (χ1n) is 8.15. The number of nitrogens with one attached hydrogen (secondary N) is 3. The number of H-pyrrole nitrogens is 1. The van der Waals surface area contributed by atoms with Crippen molar-refractivity contribution in [3.05, 3.63) is 39.3 Å². The Bertz CT molecular complexity index is 837. The molecule has 2 aromatic rings. The highest BCUT2D eigenvalue weighted by Gasteiger charge is 2.21. The van der Waals surface area contributed by atoms with Crippen molar-refractivity contribution in [1.82, 2.24) is 25.5 Å². The lowest BCUT2D eigenvalue weighted by Crippen LogP contribution is -2.53. The standard InChI is InChI=1S/C16H18BrClN6O3/c1-23-6-8-24(9-7-23)22-16(26)27-15-12(17)13(20-21-15)19-14(25)10-4-2-3-5-11(10)18/h2-5H,6-9H2,1H3,(H,22,26)(H2,19,20,21,25).